The minimum absolute atomic E-state index is 0.0622. The molecule has 0 unspecified atom stereocenters. The lowest BCUT2D eigenvalue weighted by Gasteiger charge is -2.09. The number of nitrogen functional groups attached to an aromatic ring is 1. The molecule has 0 spiro atoms. The van der Waals surface area contributed by atoms with E-state index in [0.29, 0.717) is 148 Å². The third-order valence-corrected chi connectivity index (χ3v) is 8.24. The van der Waals surface area contributed by atoms with Gasteiger partial charge in [0.2, 0.25) is 5.91 Å². The number of carbonyl (C=O) groups is 1. The van der Waals surface area contributed by atoms with E-state index in [2.05, 4.69) is 30.3 Å². The van der Waals surface area contributed by atoms with Crippen molar-refractivity contribution in [1.29, 1.82) is 0 Å². The summed E-state index contributed by atoms with van der Waals surface area (Å²) < 4.78 is 50.7. The van der Waals surface area contributed by atoms with E-state index < -0.39 is 0 Å². The van der Waals surface area contributed by atoms with Gasteiger partial charge < -0.3 is 58.7 Å². The SMILES string of the molecule is COc1ccc2[nH]c(-c3nn(CCCCNC(=O)CCOCCOCCOCCOCCOCCOCCOCCOCCN=[N+]=[N-])c4ncnc(N)c34)cc2c1. The Morgan fingerprint density at radius 2 is 1.39 bits per heavy atom. The molecular formula is C37H56N10O10. The van der Waals surface area contributed by atoms with Crippen LogP contribution in [0, 0.1) is 0 Å². The second kappa shape index (κ2) is 27.9. The van der Waals surface area contributed by atoms with E-state index in [1.807, 2.05) is 28.9 Å². The summed E-state index contributed by atoms with van der Waals surface area (Å²) in [5.74, 6) is 1.07. The second-order valence-corrected chi connectivity index (χ2v) is 12.3. The maximum atomic E-state index is 12.3. The minimum Gasteiger partial charge on any atom is -0.497 e. The molecule has 0 aliphatic heterocycles. The number of fused-ring (bicyclic) bond motifs is 2. The number of aryl methyl sites for hydroxylation is 1. The number of rotatable bonds is 34. The Kier molecular flexibility index (Phi) is 22.0. The molecule has 3 aromatic heterocycles. The van der Waals surface area contributed by atoms with Crippen LogP contribution in [0.15, 0.2) is 35.7 Å². The molecule has 0 aliphatic rings. The highest BCUT2D eigenvalue weighted by Crippen LogP contribution is 2.32. The van der Waals surface area contributed by atoms with Gasteiger partial charge in [0, 0.05) is 41.9 Å². The number of aromatic amines is 1. The summed E-state index contributed by atoms with van der Waals surface area (Å²) >= 11 is 0. The van der Waals surface area contributed by atoms with Crippen LogP contribution in [0.3, 0.4) is 0 Å². The molecule has 0 atom stereocenters. The number of amides is 1. The predicted octanol–water partition coefficient (Wildman–Crippen LogP) is 3.30. The highest BCUT2D eigenvalue weighted by Gasteiger charge is 2.18. The molecule has 1 aromatic carbocycles. The number of benzene rings is 1. The number of ether oxygens (including phenoxy) is 9. The molecule has 1 amide bonds. The smallest absolute Gasteiger partial charge is 0.222 e. The molecule has 0 saturated carbocycles. The standard InChI is InChI=1S/C37H56N10O10/c1-49-30-4-5-31-29(26-30)27-32(44-31)35-34-36(38)41-28-42-37(34)47(45-35)9-3-2-7-40-33(48)6-10-50-12-14-52-16-18-54-20-22-56-24-25-57-23-21-55-19-17-53-15-13-51-11-8-43-46-39/h4-5,26-28,44H,2-3,6-25H2,1H3,(H,40,48)(H2,38,41,42). The summed E-state index contributed by atoms with van der Waals surface area (Å²) in [4.78, 5) is 27.0. The quantitative estimate of drug-likeness (QED) is 0.0266. The first-order chi connectivity index (χ1) is 28.1. The number of azide groups is 1. The third kappa shape index (κ3) is 17.2. The Morgan fingerprint density at radius 3 is 1.96 bits per heavy atom. The number of anilines is 1. The van der Waals surface area contributed by atoms with Gasteiger partial charge in [-0.05, 0) is 42.6 Å². The molecule has 3 heterocycles. The van der Waals surface area contributed by atoms with Crippen LogP contribution >= 0.6 is 0 Å². The number of nitrogens with two attached hydrogens (primary N) is 1. The fourth-order valence-electron chi connectivity index (χ4n) is 5.40. The maximum Gasteiger partial charge on any atom is 0.222 e. The van der Waals surface area contributed by atoms with Crippen LogP contribution in [-0.2, 0) is 49.2 Å². The molecule has 57 heavy (non-hydrogen) atoms. The van der Waals surface area contributed by atoms with Crippen molar-refractivity contribution in [1.82, 2.24) is 30.0 Å². The van der Waals surface area contributed by atoms with Crippen LogP contribution in [0.25, 0.3) is 43.8 Å². The van der Waals surface area contributed by atoms with Gasteiger partial charge in [0.1, 0.15) is 23.6 Å². The zero-order valence-corrected chi connectivity index (χ0v) is 32.7. The van der Waals surface area contributed by atoms with Gasteiger partial charge in [0.15, 0.2) is 5.65 Å². The summed E-state index contributed by atoms with van der Waals surface area (Å²) in [6.07, 6.45) is 3.27. The zero-order valence-electron chi connectivity index (χ0n) is 32.7. The number of nitrogens with zero attached hydrogens (tertiary/aromatic N) is 7. The first kappa shape index (κ1) is 45.1. The predicted molar refractivity (Wildman–Crippen MR) is 211 cm³/mol. The van der Waals surface area contributed by atoms with E-state index in [-0.39, 0.29) is 12.3 Å². The van der Waals surface area contributed by atoms with Crippen molar-refractivity contribution < 1.29 is 47.4 Å². The second-order valence-electron chi connectivity index (χ2n) is 12.3. The Hall–Kier alpha value is -4.63. The number of H-pyrrole nitrogens is 1. The number of nitrogens with one attached hydrogen (secondary N) is 2. The zero-order chi connectivity index (χ0) is 40.2. The molecule has 4 rings (SSSR count). The fourth-order valence-corrected chi connectivity index (χ4v) is 5.40. The summed E-state index contributed by atoms with van der Waals surface area (Å²) in [5.41, 5.74) is 17.6. The van der Waals surface area contributed by atoms with Gasteiger partial charge in [0.25, 0.3) is 0 Å². The number of methoxy groups -OCH3 is 1. The van der Waals surface area contributed by atoms with Gasteiger partial charge in [-0.3, -0.25) is 4.79 Å². The molecule has 0 radical (unpaired) electrons. The monoisotopic (exact) mass is 800 g/mol. The average Bonchev–Trinajstić information content (AvgIpc) is 3.82. The van der Waals surface area contributed by atoms with Gasteiger partial charge in [-0.1, -0.05) is 5.11 Å². The lowest BCUT2D eigenvalue weighted by atomic mass is 10.2. The molecule has 0 fully saturated rings. The maximum absolute atomic E-state index is 12.3. The van der Waals surface area contributed by atoms with Crippen LogP contribution in [0.2, 0.25) is 0 Å². The van der Waals surface area contributed by atoms with Gasteiger partial charge in [-0.25, -0.2) is 14.6 Å². The van der Waals surface area contributed by atoms with Crippen molar-refractivity contribution >= 4 is 33.7 Å². The molecular weight excluding hydrogens is 744 g/mol. The highest BCUT2D eigenvalue weighted by atomic mass is 16.6. The third-order valence-electron chi connectivity index (χ3n) is 8.24. The Labute approximate surface area is 331 Å². The topological polar surface area (TPSA) is 246 Å². The molecule has 314 valence electrons. The van der Waals surface area contributed by atoms with Crippen molar-refractivity contribution in [2.45, 2.75) is 25.8 Å². The van der Waals surface area contributed by atoms with Gasteiger partial charge >= 0.3 is 0 Å². The number of unbranched alkanes of at least 4 members (excludes halogenated alkanes) is 1. The molecule has 4 N–H and O–H groups in total. The van der Waals surface area contributed by atoms with E-state index in [1.54, 1.807) is 7.11 Å². The van der Waals surface area contributed by atoms with Crippen molar-refractivity contribution in [2.24, 2.45) is 5.11 Å². The summed E-state index contributed by atoms with van der Waals surface area (Å²) in [6, 6.07) is 7.84. The van der Waals surface area contributed by atoms with E-state index in [0.717, 1.165) is 35.2 Å². The van der Waals surface area contributed by atoms with Gasteiger partial charge in [-0.15, -0.1) is 0 Å². The average molecular weight is 801 g/mol. The van der Waals surface area contributed by atoms with Crippen molar-refractivity contribution in [3.63, 3.8) is 0 Å². The van der Waals surface area contributed by atoms with Crippen LogP contribution < -0.4 is 15.8 Å². The largest absolute Gasteiger partial charge is 0.497 e. The Balaban J connectivity index is 0.909. The lowest BCUT2D eigenvalue weighted by molar-refractivity contribution is -0.122. The lowest BCUT2D eigenvalue weighted by Crippen LogP contribution is -2.26. The van der Waals surface area contributed by atoms with Crippen molar-refractivity contribution in [3.8, 4) is 17.1 Å². The number of hydrogen-bond acceptors (Lipinski definition) is 15. The van der Waals surface area contributed by atoms with E-state index in [9.17, 15) is 4.79 Å². The van der Waals surface area contributed by atoms with Gasteiger partial charge in [0.05, 0.1) is 124 Å². The van der Waals surface area contributed by atoms with Crippen LogP contribution in [0.4, 0.5) is 5.82 Å². The van der Waals surface area contributed by atoms with Crippen molar-refractivity contribution in [2.75, 3.05) is 132 Å². The highest BCUT2D eigenvalue weighted by molar-refractivity contribution is 6.00. The van der Waals surface area contributed by atoms with Crippen LogP contribution in [0.1, 0.15) is 19.3 Å². The Morgan fingerprint density at radius 1 is 0.807 bits per heavy atom. The number of aromatic nitrogens is 5. The van der Waals surface area contributed by atoms with E-state index in [4.69, 9.17) is 59.0 Å². The van der Waals surface area contributed by atoms with Crippen LogP contribution in [-0.4, -0.2) is 157 Å². The van der Waals surface area contributed by atoms with Gasteiger partial charge in [-0.2, -0.15) is 5.10 Å². The fraction of sp³-hybridized carbons (Fsp3) is 0.622. The van der Waals surface area contributed by atoms with E-state index >= 15 is 0 Å². The molecule has 0 aliphatic carbocycles. The Bertz CT molecular complexity index is 1770. The number of hydrogen-bond donors (Lipinski definition) is 3. The molecule has 0 bridgehead atoms. The molecule has 20 heteroatoms. The van der Waals surface area contributed by atoms with Crippen molar-refractivity contribution in [3.05, 3.63) is 41.0 Å². The minimum atomic E-state index is -0.0622. The molecule has 0 saturated heterocycles. The normalized spacial score (nSPS) is 11.4. The van der Waals surface area contributed by atoms with E-state index in [1.165, 1.54) is 6.33 Å². The first-order valence-electron chi connectivity index (χ1n) is 19.1. The summed E-state index contributed by atoms with van der Waals surface area (Å²) in [7, 11) is 1.64. The number of carbonyl (C=O) groups excluding carboxylic acids is 1. The summed E-state index contributed by atoms with van der Waals surface area (Å²) in [5, 5.41) is 12.9. The summed E-state index contributed by atoms with van der Waals surface area (Å²) in [6.45, 7) is 8.56. The molecule has 20 nitrogen and oxygen atoms in total. The first-order valence-corrected chi connectivity index (χ1v) is 19.1. The molecule has 4 aromatic rings. The van der Waals surface area contributed by atoms with Crippen LogP contribution in [0.5, 0.6) is 5.75 Å².